The minimum absolute atomic E-state index is 0.313. The van der Waals surface area contributed by atoms with E-state index in [-0.39, 0.29) is 11.6 Å². The summed E-state index contributed by atoms with van der Waals surface area (Å²) in [6.07, 6.45) is 3.39. The van der Waals surface area contributed by atoms with Crippen LogP contribution in [0.4, 0.5) is 8.78 Å². The van der Waals surface area contributed by atoms with Gasteiger partial charge >= 0.3 is 0 Å². The van der Waals surface area contributed by atoms with Gasteiger partial charge in [-0.25, -0.2) is 18.7 Å². The second-order valence-electron chi connectivity index (χ2n) is 7.30. The lowest BCUT2D eigenvalue weighted by Crippen LogP contribution is -1.93. The molecule has 5 aromatic rings. The molecular formula is C25H16Cl3F2N3. The Hall–Kier alpha value is -2.86. The van der Waals surface area contributed by atoms with Crippen LogP contribution in [0, 0.1) is 25.5 Å². The highest BCUT2D eigenvalue weighted by molar-refractivity contribution is 6.39. The van der Waals surface area contributed by atoms with Gasteiger partial charge in [0.2, 0.25) is 0 Å². The molecule has 0 saturated carbocycles. The summed E-state index contributed by atoms with van der Waals surface area (Å²) in [5.74, 6) is -0.665. The molecule has 0 saturated heterocycles. The summed E-state index contributed by atoms with van der Waals surface area (Å²) < 4.78 is 26.2. The smallest absolute Gasteiger partial charge is 0.134 e. The maximum Gasteiger partial charge on any atom is 0.134 e. The van der Waals surface area contributed by atoms with Crippen LogP contribution in [-0.2, 0) is 0 Å². The molecule has 3 heterocycles. The third-order valence-electron chi connectivity index (χ3n) is 5.12. The molecule has 0 unspecified atom stereocenters. The number of fused-ring (bicyclic) bond motifs is 2. The Morgan fingerprint density at radius 1 is 0.667 bits per heavy atom. The van der Waals surface area contributed by atoms with Crippen LogP contribution in [-0.4, -0.2) is 15.0 Å². The Balaban J connectivity index is 0.000000165. The summed E-state index contributed by atoms with van der Waals surface area (Å²) >= 11 is 18.2. The highest BCUT2D eigenvalue weighted by Gasteiger charge is 2.12. The lowest BCUT2D eigenvalue weighted by molar-refractivity contribution is 0.629. The number of nitrogens with zero attached hydrogens (tertiary/aromatic N) is 3. The number of pyridine rings is 3. The average molecular weight is 503 g/mol. The van der Waals surface area contributed by atoms with Crippen LogP contribution in [0.15, 0.2) is 60.9 Å². The van der Waals surface area contributed by atoms with E-state index in [0.29, 0.717) is 31.8 Å². The van der Waals surface area contributed by atoms with Crippen molar-refractivity contribution in [2.45, 2.75) is 13.8 Å². The summed E-state index contributed by atoms with van der Waals surface area (Å²) in [6, 6.07) is 12.4. The van der Waals surface area contributed by atoms with E-state index >= 15 is 0 Å². The van der Waals surface area contributed by atoms with E-state index in [1.54, 1.807) is 31.5 Å². The number of rotatable bonds is 1. The van der Waals surface area contributed by atoms with Crippen molar-refractivity contribution in [3.8, 4) is 11.3 Å². The Morgan fingerprint density at radius 2 is 1.18 bits per heavy atom. The molecule has 0 radical (unpaired) electrons. The van der Waals surface area contributed by atoms with Crippen molar-refractivity contribution in [1.82, 2.24) is 15.0 Å². The number of benzene rings is 2. The fourth-order valence-electron chi connectivity index (χ4n) is 3.35. The standard InChI is InChI=1S/C15H10ClFN2.C10H6Cl2FN/c1-9-14(16)12-3-2-11(17)8-13(12)19-15(9)10-4-6-18-7-5-10;1-5-9(11)7-3-2-6(13)4-8(7)14-10(5)12/h2-8H,1H3;2-4H,1H3. The minimum atomic E-state index is -0.346. The molecule has 3 aromatic heterocycles. The SMILES string of the molecule is Cc1c(-c2ccncc2)nc2cc(F)ccc2c1Cl.Cc1c(Cl)nc2cc(F)ccc2c1Cl. The zero-order chi connectivity index (χ0) is 23.7. The molecule has 0 spiro atoms. The second kappa shape index (κ2) is 9.56. The Bertz CT molecular complexity index is 1490. The van der Waals surface area contributed by atoms with Crippen molar-refractivity contribution in [1.29, 1.82) is 0 Å². The molecule has 0 aliphatic heterocycles. The first-order valence-electron chi connectivity index (χ1n) is 9.83. The predicted octanol–water partition coefficient (Wildman–Crippen LogP) is 8.39. The summed E-state index contributed by atoms with van der Waals surface area (Å²) in [7, 11) is 0. The van der Waals surface area contributed by atoms with Gasteiger partial charge in [0.1, 0.15) is 16.8 Å². The van der Waals surface area contributed by atoms with Crippen molar-refractivity contribution in [3.63, 3.8) is 0 Å². The van der Waals surface area contributed by atoms with Gasteiger partial charge in [-0.1, -0.05) is 34.8 Å². The maximum atomic E-state index is 13.3. The molecule has 0 atom stereocenters. The van der Waals surface area contributed by atoms with Gasteiger partial charge in [-0.3, -0.25) is 4.98 Å². The van der Waals surface area contributed by atoms with Crippen LogP contribution in [0.2, 0.25) is 15.2 Å². The van der Waals surface area contributed by atoms with Crippen molar-refractivity contribution in [3.05, 3.63) is 98.9 Å². The summed E-state index contributed by atoms with van der Waals surface area (Å²) in [4.78, 5) is 12.5. The molecule has 0 bridgehead atoms. The summed E-state index contributed by atoms with van der Waals surface area (Å²) in [5.41, 5.74) is 4.30. The van der Waals surface area contributed by atoms with Gasteiger partial charge in [0.15, 0.2) is 0 Å². The highest BCUT2D eigenvalue weighted by Crippen LogP contribution is 2.33. The van der Waals surface area contributed by atoms with Crippen molar-refractivity contribution in [2.75, 3.05) is 0 Å². The topological polar surface area (TPSA) is 38.7 Å². The summed E-state index contributed by atoms with van der Waals surface area (Å²) in [6.45, 7) is 3.69. The van der Waals surface area contributed by atoms with Gasteiger partial charge in [-0.2, -0.15) is 0 Å². The summed E-state index contributed by atoms with van der Waals surface area (Å²) in [5, 5.41) is 2.93. The van der Waals surface area contributed by atoms with E-state index in [2.05, 4.69) is 15.0 Å². The normalized spacial score (nSPS) is 10.9. The van der Waals surface area contributed by atoms with Crippen LogP contribution in [0.1, 0.15) is 11.1 Å². The van der Waals surface area contributed by atoms with Crippen molar-refractivity contribution < 1.29 is 8.78 Å². The Labute approximate surface area is 204 Å². The molecule has 33 heavy (non-hydrogen) atoms. The van der Waals surface area contributed by atoms with Crippen LogP contribution in [0.25, 0.3) is 33.1 Å². The van der Waals surface area contributed by atoms with E-state index in [0.717, 1.165) is 27.6 Å². The molecule has 0 N–H and O–H groups in total. The van der Waals surface area contributed by atoms with E-state index < -0.39 is 0 Å². The third-order valence-corrected chi connectivity index (χ3v) is 6.46. The first-order chi connectivity index (χ1) is 15.8. The van der Waals surface area contributed by atoms with E-state index in [4.69, 9.17) is 34.8 Å². The molecule has 5 rings (SSSR count). The average Bonchev–Trinajstić information content (AvgIpc) is 2.80. The molecule has 166 valence electrons. The van der Waals surface area contributed by atoms with Gasteiger partial charge in [0.05, 0.1) is 26.8 Å². The number of aromatic nitrogens is 3. The first-order valence-corrected chi connectivity index (χ1v) is 11.0. The molecule has 0 amide bonds. The van der Waals surface area contributed by atoms with Gasteiger partial charge in [-0.05, 0) is 55.8 Å². The zero-order valence-corrected chi connectivity index (χ0v) is 19.8. The van der Waals surface area contributed by atoms with Gasteiger partial charge in [0.25, 0.3) is 0 Å². The number of halogens is 5. The lowest BCUT2D eigenvalue weighted by atomic mass is 10.1. The fraction of sp³-hybridized carbons (Fsp3) is 0.0800. The van der Waals surface area contributed by atoms with Crippen molar-refractivity contribution >= 4 is 56.6 Å². The quantitative estimate of drug-likeness (QED) is 0.216. The molecule has 3 nitrogen and oxygen atoms in total. The van der Waals surface area contributed by atoms with Crippen LogP contribution in [0.5, 0.6) is 0 Å². The van der Waals surface area contributed by atoms with Crippen LogP contribution < -0.4 is 0 Å². The molecule has 8 heteroatoms. The molecule has 0 fully saturated rings. The zero-order valence-electron chi connectivity index (χ0n) is 17.5. The molecular weight excluding hydrogens is 487 g/mol. The van der Waals surface area contributed by atoms with Gasteiger partial charge in [-0.15, -0.1) is 0 Å². The van der Waals surface area contributed by atoms with Gasteiger partial charge < -0.3 is 0 Å². The maximum absolute atomic E-state index is 13.3. The minimum Gasteiger partial charge on any atom is -0.265 e. The van der Waals surface area contributed by atoms with E-state index in [1.807, 2.05) is 19.1 Å². The predicted molar refractivity (Wildman–Crippen MR) is 131 cm³/mol. The number of hydrogen-bond acceptors (Lipinski definition) is 3. The van der Waals surface area contributed by atoms with E-state index in [1.165, 1.54) is 24.3 Å². The van der Waals surface area contributed by atoms with E-state index in [9.17, 15) is 8.78 Å². The largest absolute Gasteiger partial charge is 0.265 e. The van der Waals surface area contributed by atoms with Gasteiger partial charge in [0, 0.05) is 46.4 Å². The Morgan fingerprint density at radius 3 is 1.76 bits per heavy atom. The van der Waals surface area contributed by atoms with Crippen LogP contribution in [0.3, 0.4) is 0 Å². The molecule has 0 aliphatic rings. The van der Waals surface area contributed by atoms with Crippen LogP contribution >= 0.6 is 34.8 Å². The third kappa shape index (κ3) is 4.76. The monoisotopic (exact) mass is 501 g/mol. The Kier molecular flexibility index (Phi) is 6.75. The molecule has 2 aromatic carbocycles. The number of hydrogen-bond donors (Lipinski definition) is 0. The fourth-order valence-corrected chi connectivity index (χ4v) is 4.08. The van der Waals surface area contributed by atoms with Crippen molar-refractivity contribution in [2.24, 2.45) is 0 Å². The highest BCUT2D eigenvalue weighted by atomic mass is 35.5. The first kappa shape index (κ1) is 23.3. The second-order valence-corrected chi connectivity index (χ2v) is 8.41. The molecule has 0 aliphatic carbocycles. The lowest BCUT2D eigenvalue weighted by Gasteiger charge is -2.10.